The maximum Gasteiger partial charge on any atom is 0.342 e. The van der Waals surface area contributed by atoms with Gasteiger partial charge < -0.3 is 14.1 Å². The van der Waals surface area contributed by atoms with Crippen LogP contribution in [0.15, 0.2) is 44.7 Å². The molecule has 152 valence electrons. The van der Waals surface area contributed by atoms with Crippen LogP contribution in [0.1, 0.15) is 28.5 Å². The second-order valence-corrected chi connectivity index (χ2v) is 7.92. The Hall–Kier alpha value is -2.65. The first-order chi connectivity index (χ1) is 14.0. The molecule has 0 aromatic carbocycles. The Labute approximate surface area is 177 Å². The average Bonchev–Trinajstić information content (AvgIpc) is 3.39. The first kappa shape index (κ1) is 21.1. The van der Waals surface area contributed by atoms with Crippen LogP contribution in [0.5, 0.6) is 0 Å². The Morgan fingerprint density at radius 1 is 1.31 bits per heavy atom. The van der Waals surface area contributed by atoms with E-state index >= 15 is 0 Å². The molecule has 0 bridgehead atoms. The van der Waals surface area contributed by atoms with Gasteiger partial charge in [0, 0.05) is 13.6 Å². The predicted octanol–water partition coefficient (Wildman–Crippen LogP) is 4.03. The summed E-state index contributed by atoms with van der Waals surface area (Å²) in [6.45, 7) is 4.23. The number of carbonyl (C=O) groups is 2. The minimum absolute atomic E-state index is 0.0631. The van der Waals surface area contributed by atoms with Gasteiger partial charge in [-0.1, -0.05) is 11.8 Å². The molecule has 0 saturated carbocycles. The molecule has 0 N–H and O–H groups in total. The van der Waals surface area contributed by atoms with Gasteiger partial charge in [-0.15, -0.1) is 0 Å². The topological polar surface area (TPSA) is 85.5 Å². The molecule has 3 aromatic heterocycles. The maximum atomic E-state index is 12.6. The van der Waals surface area contributed by atoms with E-state index < -0.39 is 5.97 Å². The molecule has 9 heteroatoms. The minimum atomic E-state index is -0.502. The summed E-state index contributed by atoms with van der Waals surface area (Å²) in [5.74, 6) is 0.430. The molecule has 0 atom stereocenters. The molecule has 0 spiro atoms. The van der Waals surface area contributed by atoms with E-state index in [4.69, 9.17) is 9.15 Å². The van der Waals surface area contributed by atoms with Gasteiger partial charge in [-0.05, 0) is 48.4 Å². The van der Waals surface area contributed by atoms with Crippen LogP contribution in [0.3, 0.4) is 0 Å². The predicted molar refractivity (Wildman–Crippen MR) is 112 cm³/mol. The Kier molecular flexibility index (Phi) is 7.05. The molecule has 0 fully saturated rings. The third-order valence-electron chi connectivity index (χ3n) is 4.04. The fourth-order valence-corrected chi connectivity index (χ4v) is 4.26. The molecule has 0 radical (unpaired) electrons. The molecule has 1 amide bonds. The molecule has 3 aromatic rings. The number of rotatable bonds is 8. The zero-order chi connectivity index (χ0) is 20.8. The third kappa shape index (κ3) is 5.24. The summed E-state index contributed by atoms with van der Waals surface area (Å²) in [6, 6.07) is 5.47. The lowest BCUT2D eigenvalue weighted by atomic mass is 10.2. The number of hydrogen-bond donors (Lipinski definition) is 0. The summed E-state index contributed by atoms with van der Waals surface area (Å²) in [7, 11) is 1.76. The smallest absolute Gasteiger partial charge is 0.342 e. The third-order valence-corrected chi connectivity index (χ3v) is 5.73. The van der Waals surface area contributed by atoms with Crippen LogP contribution in [-0.2, 0) is 16.1 Å². The molecule has 0 aliphatic carbocycles. The fourth-order valence-electron chi connectivity index (χ4n) is 2.59. The van der Waals surface area contributed by atoms with E-state index in [0.717, 1.165) is 5.56 Å². The number of furan rings is 1. The van der Waals surface area contributed by atoms with Crippen molar-refractivity contribution in [3.63, 3.8) is 0 Å². The van der Waals surface area contributed by atoms with Crippen LogP contribution >= 0.6 is 23.1 Å². The largest absolute Gasteiger partial charge is 0.462 e. The highest BCUT2D eigenvalue weighted by Gasteiger charge is 2.23. The number of aryl methyl sites for hydroxylation is 1. The van der Waals surface area contributed by atoms with Crippen LogP contribution in [0.25, 0.3) is 11.6 Å². The number of hydrogen-bond acceptors (Lipinski definition) is 8. The SMILES string of the molecule is CCOC(=O)c1c(C)nc(-c2ccco2)nc1SCC(=O)N(C)Cc1ccsc1. The van der Waals surface area contributed by atoms with Gasteiger partial charge >= 0.3 is 5.97 Å². The summed E-state index contributed by atoms with van der Waals surface area (Å²) in [6.07, 6.45) is 1.53. The maximum absolute atomic E-state index is 12.6. The van der Waals surface area contributed by atoms with E-state index in [-0.39, 0.29) is 23.8 Å². The lowest BCUT2D eigenvalue weighted by Crippen LogP contribution is -2.27. The van der Waals surface area contributed by atoms with Gasteiger partial charge in [-0.25, -0.2) is 14.8 Å². The Balaban J connectivity index is 1.81. The standard InChI is InChI=1S/C20H21N3O4S2/c1-4-26-20(25)17-13(2)21-18(15-6-5-8-27-15)22-19(17)29-12-16(24)23(3)10-14-7-9-28-11-14/h5-9,11H,4,10,12H2,1-3H3. The zero-order valence-corrected chi connectivity index (χ0v) is 18.0. The van der Waals surface area contributed by atoms with Gasteiger partial charge in [0.1, 0.15) is 10.6 Å². The molecule has 3 heterocycles. The van der Waals surface area contributed by atoms with Gasteiger partial charge in [0.05, 0.1) is 24.3 Å². The number of nitrogens with zero attached hydrogens (tertiary/aromatic N) is 3. The highest BCUT2D eigenvalue weighted by Crippen LogP contribution is 2.27. The van der Waals surface area contributed by atoms with Gasteiger partial charge in [0.2, 0.25) is 5.91 Å². The van der Waals surface area contributed by atoms with Crippen molar-refractivity contribution < 1.29 is 18.7 Å². The van der Waals surface area contributed by atoms with Crippen molar-refractivity contribution >= 4 is 35.0 Å². The Morgan fingerprint density at radius 2 is 2.14 bits per heavy atom. The van der Waals surface area contributed by atoms with E-state index in [1.54, 1.807) is 49.3 Å². The van der Waals surface area contributed by atoms with Crippen LogP contribution in [0.2, 0.25) is 0 Å². The molecule has 0 unspecified atom stereocenters. The van der Waals surface area contributed by atoms with Crippen molar-refractivity contribution in [1.82, 2.24) is 14.9 Å². The number of ether oxygens (including phenoxy) is 1. The number of aromatic nitrogens is 2. The number of thiophene rings is 1. The zero-order valence-electron chi connectivity index (χ0n) is 16.4. The van der Waals surface area contributed by atoms with E-state index in [9.17, 15) is 9.59 Å². The van der Waals surface area contributed by atoms with Gasteiger partial charge in [0.25, 0.3) is 0 Å². The Morgan fingerprint density at radius 3 is 2.79 bits per heavy atom. The number of esters is 1. The van der Waals surface area contributed by atoms with Crippen molar-refractivity contribution in [2.75, 3.05) is 19.4 Å². The minimum Gasteiger partial charge on any atom is -0.462 e. The van der Waals surface area contributed by atoms with E-state index in [1.807, 2.05) is 16.8 Å². The number of thioether (sulfide) groups is 1. The lowest BCUT2D eigenvalue weighted by molar-refractivity contribution is -0.127. The summed E-state index contributed by atoms with van der Waals surface area (Å²) >= 11 is 2.79. The summed E-state index contributed by atoms with van der Waals surface area (Å²) in [4.78, 5) is 35.5. The number of carbonyl (C=O) groups excluding carboxylic acids is 2. The van der Waals surface area contributed by atoms with E-state index in [0.29, 0.717) is 28.8 Å². The van der Waals surface area contributed by atoms with Crippen LogP contribution in [-0.4, -0.2) is 46.2 Å². The second kappa shape index (κ2) is 9.71. The van der Waals surface area contributed by atoms with Gasteiger partial charge in [0.15, 0.2) is 11.6 Å². The molecule has 3 rings (SSSR count). The molecular formula is C20H21N3O4S2. The van der Waals surface area contributed by atoms with Crippen molar-refractivity contribution in [2.45, 2.75) is 25.4 Å². The quantitative estimate of drug-likeness (QED) is 0.302. The molecule has 7 nitrogen and oxygen atoms in total. The fraction of sp³-hybridized carbons (Fsp3) is 0.300. The average molecular weight is 432 g/mol. The molecule has 0 saturated heterocycles. The Bertz CT molecular complexity index is 972. The van der Waals surface area contributed by atoms with E-state index in [1.165, 1.54) is 18.0 Å². The molecule has 29 heavy (non-hydrogen) atoms. The van der Waals surface area contributed by atoms with Crippen molar-refractivity contribution in [3.05, 3.63) is 52.0 Å². The first-order valence-corrected chi connectivity index (χ1v) is 10.9. The van der Waals surface area contributed by atoms with Gasteiger partial charge in [-0.2, -0.15) is 11.3 Å². The molecular weight excluding hydrogens is 410 g/mol. The highest BCUT2D eigenvalue weighted by atomic mass is 32.2. The van der Waals surface area contributed by atoms with Gasteiger partial charge in [-0.3, -0.25) is 4.79 Å². The normalized spacial score (nSPS) is 10.7. The second-order valence-electron chi connectivity index (χ2n) is 6.18. The summed E-state index contributed by atoms with van der Waals surface area (Å²) < 4.78 is 10.5. The lowest BCUT2D eigenvalue weighted by Gasteiger charge is -2.17. The first-order valence-electron chi connectivity index (χ1n) is 8.97. The summed E-state index contributed by atoms with van der Waals surface area (Å²) in [5, 5.41) is 4.40. The van der Waals surface area contributed by atoms with Crippen LogP contribution in [0.4, 0.5) is 0 Å². The van der Waals surface area contributed by atoms with Crippen molar-refractivity contribution in [1.29, 1.82) is 0 Å². The number of amides is 1. The molecule has 0 aliphatic rings. The summed E-state index contributed by atoms with van der Waals surface area (Å²) in [5.41, 5.74) is 1.84. The van der Waals surface area contributed by atoms with E-state index in [2.05, 4.69) is 9.97 Å². The van der Waals surface area contributed by atoms with Crippen LogP contribution < -0.4 is 0 Å². The van der Waals surface area contributed by atoms with Crippen LogP contribution in [0, 0.1) is 6.92 Å². The van der Waals surface area contributed by atoms with Crippen molar-refractivity contribution in [3.8, 4) is 11.6 Å². The monoisotopic (exact) mass is 431 g/mol. The highest BCUT2D eigenvalue weighted by molar-refractivity contribution is 8.00. The molecule has 0 aliphatic heterocycles. The van der Waals surface area contributed by atoms with Crippen molar-refractivity contribution in [2.24, 2.45) is 0 Å².